The van der Waals surface area contributed by atoms with E-state index < -0.39 is 0 Å². The van der Waals surface area contributed by atoms with Crippen LogP contribution in [0.1, 0.15) is 31.7 Å². The topological polar surface area (TPSA) is 33.5 Å². The van der Waals surface area contributed by atoms with Crippen LogP contribution in [0.25, 0.3) is 0 Å². The fourth-order valence-corrected chi connectivity index (χ4v) is 3.29. The summed E-state index contributed by atoms with van der Waals surface area (Å²) in [5.74, 6) is 0. The van der Waals surface area contributed by atoms with Crippen LogP contribution in [0.4, 0.5) is 0 Å². The van der Waals surface area contributed by atoms with Crippen molar-refractivity contribution in [2.45, 2.75) is 45.4 Å². The van der Waals surface area contributed by atoms with Crippen molar-refractivity contribution in [1.82, 2.24) is 19.6 Å². The molecule has 0 aromatic carbocycles. The van der Waals surface area contributed by atoms with Crippen LogP contribution in [-0.2, 0) is 17.8 Å². The molecule has 1 aromatic rings. The number of nitrogens with zero attached hydrogens (tertiary/aromatic N) is 4. The molecule has 122 valence electrons. The number of hydrogen-bond acceptors (Lipinski definition) is 4. The van der Waals surface area contributed by atoms with Crippen LogP contribution >= 0.6 is 0 Å². The molecule has 0 bridgehead atoms. The van der Waals surface area contributed by atoms with Crippen molar-refractivity contribution in [3.63, 3.8) is 0 Å². The number of ether oxygens (including phenoxy) is 1. The number of allylic oxidation sites excluding steroid dienone is 1. The quantitative estimate of drug-likeness (QED) is 0.834. The maximum absolute atomic E-state index is 5.71. The zero-order valence-electron chi connectivity index (χ0n) is 13.7. The molecule has 1 atom stereocenters. The zero-order chi connectivity index (χ0) is 15.2. The molecule has 5 nitrogen and oxygen atoms in total. The van der Waals surface area contributed by atoms with Gasteiger partial charge in [0.1, 0.15) is 6.10 Å². The minimum absolute atomic E-state index is 0.388. The smallest absolute Gasteiger partial charge is 0.111 e. The summed E-state index contributed by atoms with van der Waals surface area (Å²) in [6.45, 7) is 9.83. The van der Waals surface area contributed by atoms with Crippen LogP contribution in [0.5, 0.6) is 0 Å². The predicted octanol–water partition coefficient (Wildman–Crippen LogP) is 2.10. The van der Waals surface area contributed by atoms with Crippen LogP contribution < -0.4 is 0 Å². The number of rotatable bonds is 5. The van der Waals surface area contributed by atoms with E-state index >= 15 is 0 Å². The molecule has 0 radical (unpaired) electrons. The Bertz CT molecular complexity index is 485. The third-order valence-electron chi connectivity index (χ3n) is 4.58. The highest BCUT2D eigenvalue weighted by atomic mass is 16.5. The second-order valence-corrected chi connectivity index (χ2v) is 6.34. The molecule has 0 amide bonds. The highest BCUT2D eigenvalue weighted by molar-refractivity contribution is 5.03. The van der Waals surface area contributed by atoms with E-state index in [1.165, 1.54) is 25.1 Å². The normalized spacial score (nSPS) is 24.1. The van der Waals surface area contributed by atoms with Gasteiger partial charge in [0.05, 0.1) is 12.5 Å². The standard InChI is InChI=1S/C17H28N4O/c1-2-21-14-16(12-18-21)13-19-7-5-8-20(10-9-19)15-17-6-3-4-11-22-17/h4,11-12,14,17H,2-3,5-10,13,15H2,1H3/t17-/m1/s1. The van der Waals surface area contributed by atoms with Crippen molar-refractivity contribution in [3.05, 3.63) is 30.3 Å². The minimum Gasteiger partial charge on any atom is -0.497 e. The third-order valence-corrected chi connectivity index (χ3v) is 4.58. The van der Waals surface area contributed by atoms with Gasteiger partial charge < -0.3 is 4.74 Å². The molecule has 3 rings (SSSR count). The molecule has 2 aliphatic heterocycles. The monoisotopic (exact) mass is 304 g/mol. The molecule has 0 saturated carbocycles. The Balaban J connectivity index is 1.46. The van der Waals surface area contributed by atoms with E-state index in [0.29, 0.717) is 6.10 Å². The summed E-state index contributed by atoms with van der Waals surface area (Å²) < 4.78 is 7.72. The van der Waals surface area contributed by atoms with Gasteiger partial charge in [-0.15, -0.1) is 0 Å². The van der Waals surface area contributed by atoms with Crippen molar-refractivity contribution in [2.75, 3.05) is 32.7 Å². The number of hydrogen-bond donors (Lipinski definition) is 0. The van der Waals surface area contributed by atoms with Gasteiger partial charge in [-0.1, -0.05) is 0 Å². The first-order valence-electron chi connectivity index (χ1n) is 8.60. The Morgan fingerprint density at radius 1 is 1.23 bits per heavy atom. The van der Waals surface area contributed by atoms with E-state index in [9.17, 15) is 0 Å². The van der Waals surface area contributed by atoms with E-state index in [1.54, 1.807) is 0 Å². The van der Waals surface area contributed by atoms with Crippen molar-refractivity contribution >= 4 is 0 Å². The summed E-state index contributed by atoms with van der Waals surface area (Å²) in [6, 6.07) is 0. The first kappa shape index (κ1) is 15.6. The summed E-state index contributed by atoms with van der Waals surface area (Å²) in [5, 5.41) is 4.37. The maximum atomic E-state index is 5.71. The summed E-state index contributed by atoms with van der Waals surface area (Å²) in [6.07, 6.45) is 12.1. The van der Waals surface area contributed by atoms with Gasteiger partial charge in [-0.3, -0.25) is 14.5 Å². The molecule has 2 aliphatic rings. The number of aryl methyl sites for hydroxylation is 1. The zero-order valence-corrected chi connectivity index (χ0v) is 13.7. The van der Waals surface area contributed by atoms with Crippen LogP contribution in [0.2, 0.25) is 0 Å². The van der Waals surface area contributed by atoms with E-state index in [0.717, 1.165) is 45.6 Å². The molecular formula is C17H28N4O. The minimum atomic E-state index is 0.388. The van der Waals surface area contributed by atoms with E-state index in [4.69, 9.17) is 4.74 Å². The van der Waals surface area contributed by atoms with Crippen LogP contribution in [0, 0.1) is 0 Å². The van der Waals surface area contributed by atoms with Gasteiger partial charge in [-0.05, 0) is 45.4 Å². The number of aromatic nitrogens is 2. The maximum Gasteiger partial charge on any atom is 0.111 e. The van der Waals surface area contributed by atoms with Crippen molar-refractivity contribution in [2.24, 2.45) is 0 Å². The summed E-state index contributed by atoms with van der Waals surface area (Å²) >= 11 is 0. The molecule has 0 spiro atoms. The lowest BCUT2D eigenvalue weighted by Crippen LogP contribution is -2.36. The van der Waals surface area contributed by atoms with Crippen LogP contribution in [-0.4, -0.2) is 58.4 Å². The van der Waals surface area contributed by atoms with Gasteiger partial charge in [0.15, 0.2) is 0 Å². The van der Waals surface area contributed by atoms with Crippen LogP contribution in [0.15, 0.2) is 24.7 Å². The Hall–Kier alpha value is -1.33. The summed E-state index contributed by atoms with van der Waals surface area (Å²) in [4.78, 5) is 5.12. The first-order valence-corrected chi connectivity index (χ1v) is 8.60. The second-order valence-electron chi connectivity index (χ2n) is 6.34. The van der Waals surface area contributed by atoms with Crippen LogP contribution in [0.3, 0.4) is 0 Å². The molecule has 1 aromatic heterocycles. The predicted molar refractivity (Wildman–Crippen MR) is 87.5 cm³/mol. The molecule has 1 saturated heterocycles. The molecule has 22 heavy (non-hydrogen) atoms. The Morgan fingerprint density at radius 2 is 2.09 bits per heavy atom. The fourth-order valence-electron chi connectivity index (χ4n) is 3.29. The Kier molecular flexibility index (Phi) is 5.51. The molecule has 0 unspecified atom stereocenters. The molecular weight excluding hydrogens is 276 g/mol. The third kappa shape index (κ3) is 4.34. The fraction of sp³-hybridized carbons (Fsp3) is 0.706. The lowest BCUT2D eigenvalue weighted by Gasteiger charge is -2.27. The van der Waals surface area contributed by atoms with Gasteiger partial charge in [0.2, 0.25) is 0 Å². The second kappa shape index (κ2) is 7.79. The highest BCUT2D eigenvalue weighted by Crippen LogP contribution is 2.14. The average molecular weight is 304 g/mol. The van der Waals surface area contributed by atoms with E-state index in [2.05, 4.69) is 34.1 Å². The van der Waals surface area contributed by atoms with Gasteiger partial charge in [-0.25, -0.2) is 0 Å². The van der Waals surface area contributed by atoms with E-state index in [-0.39, 0.29) is 0 Å². The average Bonchev–Trinajstić information content (AvgIpc) is 2.89. The molecule has 3 heterocycles. The lowest BCUT2D eigenvalue weighted by molar-refractivity contribution is 0.0800. The summed E-state index contributed by atoms with van der Waals surface area (Å²) in [5.41, 5.74) is 1.33. The molecule has 0 N–H and O–H groups in total. The highest BCUT2D eigenvalue weighted by Gasteiger charge is 2.20. The lowest BCUT2D eigenvalue weighted by atomic mass is 10.1. The van der Waals surface area contributed by atoms with Gasteiger partial charge in [0, 0.05) is 44.5 Å². The summed E-state index contributed by atoms with van der Waals surface area (Å²) in [7, 11) is 0. The van der Waals surface area contributed by atoms with Crippen molar-refractivity contribution < 1.29 is 4.74 Å². The Morgan fingerprint density at radius 3 is 2.86 bits per heavy atom. The van der Waals surface area contributed by atoms with Gasteiger partial charge in [-0.2, -0.15) is 5.10 Å². The SMILES string of the molecule is CCn1cc(CN2CCCN(C[C@H]3CCC=CO3)CC2)cn1. The van der Waals surface area contributed by atoms with Gasteiger partial charge >= 0.3 is 0 Å². The molecule has 1 fully saturated rings. The first-order chi connectivity index (χ1) is 10.8. The van der Waals surface area contributed by atoms with Gasteiger partial charge in [0.25, 0.3) is 0 Å². The van der Waals surface area contributed by atoms with Crippen molar-refractivity contribution in [1.29, 1.82) is 0 Å². The Labute approximate surface area is 133 Å². The largest absolute Gasteiger partial charge is 0.497 e. The molecule has 0 aliphatic carbocycles. The van der Waals surface area contributed by atoms with Crippen molar-refractivity contribution in [3.8, 4) is 0 Å². The van der Waals surface area contributed by atoms with E-state index in [1.807, 2.05) is 17.1 Å². The molecule has 5 heteroatoms.